The second kappa shape index (κ2) is 8.82. The van der Waals surface area contributed by atoms with Gasteiger partial charge in [0.2, 0.25) is 0 Å². The van der Waals surface area contributed by atoms with Crippen LogP contribution < -0.4 is 4.74 Å². The maximum atomic E-state index is 14.4. The Balaban J connectivity index is 1.74. The van der Waals surface area contributed by atoms with E-state index in [1.165, 1.54) is 6.07 Å². The first-order valence-electron chi connectivity index (χ1n) is 8.50. The Morgan fingerprint density at radius 2 is 1.70 bits per heavy atom. The summed E-state index contributed by atoms with van der Waals surface area (Å²) in [4.78, 5) is 10.6. The summed E-state index contributed by atoms with van der Waals surface area (Å²) in [6, 6.07) is 19.9. The summed E-state index contributed by atoms with van der Waals surface area (Å²) in [6.07, 6.45) is 0.558. The first-order chi connectivity index (χ1) is 13.0. The maximum absolute atomic E-state index is 14.4. The Morgan fingerprint density at radius 3 is 2.37 bits per heavy atom. The third kappa shape index (κ3) is 5.17. The molecule has 5 heteroatoms. The zero-order valence-electron chi connectivity index (χ0n) is 14.5. The molecular formula is C22H18BrFO3. The number of rotatable bonds is 7. The lowest BCUT2D eigenvalue weighted by Gasteiger charge is -2.13. The van der Waals surface area contributed by atoms with Gasteiger partial charge in [0.05, 0.1) is 0 Å². The predicted molar refractivity (Wildman–Crippen MR) is 106 cm³/mol. The fraction of sp³-hybridized carbons (Fsp3) is 0.136. The fourth-order valence-electron chi connectivity index (χ4n) is 2.76. The molecule has 0 atom stereocenters. The smallest absolute Gasteiger partial charge is 0.303 e. The standard InChI is InChI=1S/C22H18BrFO3/c23-17-9-7-16(8-10-17)19-2-1-3-21(24)20(19)14-27-18-11-4-15(5-12-18)6-13-22(25)26/h1-5,7-12H,6,13-14H2,(H,25,26). The van der Waals surface area contributed by atoms with E-state index in [4.69, 9.17) is 9.84 Å². The minimum Gasteiger partial charge on any atom is -0.489 e. The lowest BCUT2D eigenvalue weighted by Crippen LogP contribution is -2.02. The zero-order valence-corrected chi connectivity index (χ0v) is 16.1. The van der Waals surface area contributed by atoms with Crippen LogP contribution in [0.3, 0.4) is 0 Å². The molecule has 0 heterocycles. The van der Waals surface area contributed by atoms with Gasteiger partial charge in [0.1, 0.15) is 18.2 Å². The zero-order chi connectivity index (χ0) is 19.2. The number of halogens is 2. The average molecular weight is 429 g/mol. The number of benzene rings is 3. The molecule has 0 amide bonds. The highest BCUT2D eigenvalue weighted by molar-refractivity contribution is 9.10. The fourth-order valence-corrected chi connectivity index (χ4v) is 3.03. The molecule has 0 saturated carbocycles. The Labute approximate surface area is 165 Å². The molecule has 3 aromatic carbocycles. The van der Waals surface area contributed by atoms with Crippen LogP contribution in [0.15, 0.2) is 71.2 Å². The van der Waals surface area contributed by atoms with E-state index in [2.05, 4.69) is 15.9 Å². The summed E-state index contributed by atoms with van der Waals surface area (Å²) < 4.78 is 21.1. The molecule has 3 nitrogen and oxygen atoms in total. The van der Waals surface area contributed by atoms with Gasteiger partial charge in [-0.1, -0.05) is 52.3 Å². The van der Waals surface area contributed by atoms with Crippen LogP contribution in [0.1, 0.15) is 17.5 Å². The molecular weight excluding hydrogens is 411 g/mol. The molecule has 0 unspecified atom stereocenters. The predicted octanol–water partition coefficient (Wildman–Crippen LogP) is 5.85. The van der Waals surface area contributed by atoms with E-state index in [0.717, 1.165) is 21.2 Å². The van der Waals surface area contributed by atoms with Crippen LogP contribution in [0.25, 0.3) is 11.1 Å². The molecule has 3 aromatic rings. The molecule has 0 bridgehead atoms. The first-order valence-corrected chi connectivity index (χ1v) is 9.29. The summed E-state index contributed by atoms with van der Waals surface area (Å²) in [7, 11) is 0. The Bertz CT molecular complexity index is 921. The van der Waals surface area contributed by atoms with Crippen molar-refractivity contribution in [1.29, 1.82) is 0 Å². The molecule has 138 valence electrons. The highest BCUT2D eigenvalue weighted by Gasteiger charge is 2.11. The van der Waals surface area contributed by atoms with Crippen molar-refractivity contribution >= 4 is 21.9 Å². The molecule has 0 radical (unpaired) electrons. The van der Waals surface area contributed by atoms with E-state index in [1.807, 2.05) is 42.5 Å². The topological polar surface area (TPSA) is 46.5 Å². The van der Waals surface area contributed by atoms with E-state index in [1.54, 1.807) is 18.2 Å². The summed E-state index contributed by atoms with van der Waals surface area (Å²) in [5.74, 6) is -0.525. The molecule has 0 aromatic heterocycles. The number of hydrogen-bond acceptors (Lipinski definition) is 2. The summed E-state index contributed by atoms with van der Waals surface area (Å²) in [5.41, 5.74) is 3.13. The molecule has 1 N–H and O–H groups in total. The molecule has 0 aliphatic rings. The van der Waals surface area contributed by atoms with Gasteiger partial charge in [0, 0.05) is 16.5 Å². The highest BCUT2D eigenvalue weighted by Crippen LogP contribution is 2.28. The van der Waals surface area contributed by atoms with Gasteiger partial charge in [-0.15, -0.1) is 0 Å². The molecule has 27 heavy (non-hydrogen) atoms. The maximum Gasteiger partial charge on any atom is 0.303 e. The van der Waals surface area contributed by atoms with Gasteiger partial charge in [0.25, 0.3) is 0 Å². The molecule has 0 fully saturated rings. The molecule has 0 aliphatic heterocycles. The van der Waals surface area contributed by atoms with Gasteiger partial charge in [-0.3, -0.25) is 4.79 Å². The molecule has 0 aliphatic carbocycles. The second-order valence-corrected chi connectivity index (χ2v) is 7.01. The van der Waals surface area contributed by atoms with E-state index in [9.17, 15) is 9.18 Å². The Morgan fingerprint density at radius 1 is 1.00 bits per heavy atom. The van der Waals surface area contributed by atoms with E-state index < -0.39 is 5.97 Å². The minimum absolute atomic E-state index is 0.0893. The second-order valence-electron chi connectivity index (χ2n) is 6.10. The lowest BCUT2D eigenvalue weighted by molar-refractivity contribution is -0.136. The van der Waals surface area contributed by atoms with Crippen molar-refractivity contribution in [1.82, 2.24) is 0 Å². The number of ether oxygens (including phenoxy) is 1. The highest BCUT2D eigenvalue weighted by atomic mass is 79.9. The van der Waals surface area contributed by atoms with Crippen LogP contribution in [0.5, 0.6) is 5.75 Å². The van der Waals surface area contributed by atoms with Crippen LogP contribution in [-0.4, -0.2) is 11.1 Å². The van der Waals surface area contributed by atoms with Crippen molar-refractivity contribution in [3.8, 4) is 16.9 Å². The van der Waals surface area contributed by atoms with Crippen molar-refractivity contribution in [3.05, 3.63) is 88.1 Å². The van der Waals surface area contributed by atoms with Gasteiger partial charge in [-0.25, -0.2) is 4.39 Å². The SMILES string of the molecule is O=C(O)CCc1ccc(OCc2c(F)cccc2-c2ccc(Br)cc2)cc1. The van der Waals surface area contributed by atoms with Crippen molar-refractivity contribution in [3.63, 3.8) is 0 Å². The van der Waals surface area contributed by atoms with Crippen LogP contribution in [0, 0.1) is 5.82 Å². The summed E-state index contributed by atoms with van der Waals surface area (Å²) >= 11 is 3.41. The Kier molecular flexibility index (Phi) is 6.24. The van der Waals surface area contributed by atoms with E-state index >= 15 is 0 Å². The lowest BCUT2D eigenvalue weighted by atomic mass is 10.00. The summed E-state index contributed by atoms with van der Waals surface area (Å²) in [5, 5.41) is 8.74. The molecule has 3 rings (SSSR count). The van der Waals surface area contributed by atoms with Crippen molar-refractivity contribution < 1.29 is 19.0 Å². The third-order valence-electron chi connectivity index (χ3n) is 4.21. The number of carbonyl (C=O) groups is 1. The molecule has 0 saturated heterocycles. The van der Waals surface area contributed by atoms with Crippen LogP contribution in [-0.2, 0) is 17.8 Å². The van der Waals surface area contributed by atoms with E-state index in [-0.39, 0.29) is 18.8 Å². The number of carboxylic acid groups (broad SMARTS) is 1. The number of carboxylic acids is 1. The monoisotopic (exact) mass is 428 g/mol. The average Bonchev–Trinajstić information content (AvgIpc) is 2.67. The normalized spacial score (nSPS) is 10.6. The van der Waals surface area contributed by atoms with Crippen LogP contribution in [0.2, 0.25) is 0 Å². The first kappa shape index (κ1) is 19.1. The van der Waals surface area contributed by atoms with Gasteiger partial charge >= 0.3 is 5.97 Å². The minimum atomic E-state index is -0.824. The van der Waals surface area contributed by atoms with Crippen molar-refractivity contribution in [2.45, 2.75) is 19.4 Å². The van der Waals surface area contributed by atoms with Gasteiger partial charge in [-0.2, -0.15) is 0 Å². The van der Waals surface area contributed by atoms with Gasteiger partial charge in [0.15, 0.2) is 0 Å². The van der Waals surface area contributed by atoms with Crippen LogP contribution >= 0.6 is 15.9 Å². The largest absolute Gasteiger partial charge is 0.489 e. The van der Waals surface area contributed by atoms with E-state index in [0.29, 0.717) is 17.7 Å². The number of aliphatic carboxylic acids is 1. The number of aryl methyl sites for hydroxylation is 1. The quantitative estimate of drug-likeness (QED) is 0.513. The number of hydrogen-bond donors (Lipinski definition) is 1. The molecule has 0 spiro atoms. The Hall–Kier alpha value is -2.66. The summed E-state index contributed by atoms with van der Waals surface area (Å²) in [6.45, 7) is 0.104. The van der Waals surface area contributed by atoms with Crippen molar-refractivity contribution in [2.75, 3.05) is 0 Å². The van der Waals surface area contributed by atoms with Gasteiger partial charge < -0.3 is 9.84 Å². The van der Waals surface area contributed by atoms with Gasteiger partial charge in [-0.05, 0) is 53.4 Å². The van der Waals surface area contributed by atoms with Crippen molar-refractivity contribution in [2.24, 2.45) is 0 Å². The van der Waals surface area contributed by atoms with Crippen LogP contribution in [0.4, 0.5) is 4.39 Å². The third-order valence-corrected chi connectivity index (χ3v) is 4.74.